The Bertz CT molecular complexity index is 868. The van der Waals surface area contributed by atoms with E-state index in [1.807, 2.05) is 48.5 Å². The van der Waals surface area contributed by atoms with Crippen LogP contribution in [0.3, 0.4) is 0 Å². The second-order valence-corrected chi connectivity index (χ2v) is 8.64. The van der Waals surface area contributed by atoms with E-state index in [1.165, 1.54) is 4.90 Å². The fraction of sp³-hybridized carbons (Fsp3) is 0.440. The molecule has 0 N–H and O–H groups in total. The van der Waals surface area contributed by atoms with Gasteiger partial charge in [0.25, 0.3) is 0 Å². The lowest BCUT2D eigenvalue weighted by Crippen LogP contribution is -2.51. The average molecular weight is 407 g/mol. The number of benzene rings is 2. The van der Waals surface area contributed by atoms with E-state index < -0.39 is 6.09 Å². The van der Waals surface area contributed by atoms with Crippen LogP contribution >= 0.6 is 0 Å². The number of imide groups is 1. The Morgan fingerprint density at radius 1 is 1.07 bits per heavy atom. The minimum absolute atomic E-state index is 0.0886. The number of rotatable bonds is 6. The largest absolute Gasteiger partial charge is 0.447 e. The standard InChI is InChI=1S/C25H30N2O3/c1-18(2)23(22-14-9-15-26(22)20-12-7-4-8-13-20)24(28)27-21(17-30-25(27)29)16-19-10-5-3-6-11-19/h3-8,10-13,18,21-23H,9,14-17H2,1-2H3/t21-,22-,23-/m1/s1. The number of hydrogen-bond donors (Lipinski definition) is 0. The second-order valence-electron chi connectivity index (χ2n) is 8.64. The summed E-state index contributed by atoms with van der Waals surface area (Å²) in [6, 6.07) is 20.1. The molecule has 2 aromatic rings. The van der Waals surface area contributed by atoms with E-state index in [9.17, 15) is 9.59 Å². The second kappa shape index (κ2) is 8.90. The van der Waals surface area contributed by atoms with Crippen LogP contribution in [0.5, 0.6) is 0 Å². The molecule has 158 valence electrons. The van der Waals surface area contributed by atoms with Gasteiger partial charge >= 0.3 is 6.09 Å². The van der Waals surface area contributed by atoms with E-state index in [1.54, 1.807) is 0 Å². The molecule has 2 heterocycles. The lowest BCUT2D eigenvalue weighted by Gasteiger charge is -2.36. The number of anilines is 1. The van der Waals surface area contributed by atoms with Gasteiger partial charge in [-0.15, -0.1) is 0 Å². The van der Waals surface area contributed by atoms with E-state index in [4.69, 9.17) is 4.74 Å². The highest BCUT2D eigenvalue weighted by Crippen LogP contribution is 2.35. The van der Waals surface area contributed by atoms with Crippen molar-refractivity contribution in [2.24, 2.45) is 11.8 Å². The Hall–Kier alpha value is -2.82. The number of ether oxygens (including phenoxy) is 1. The molecule has 5 nitrogen and oxygen atoms in total. The summed E-state index contributed by atoms with van der Waals surface area (Å²) < 4.78 is 5.33. The summed E-state index contributed by atoms with van der Waals surface area (Å²) in [6.07, 6.45) is 2.12. The zero-order valence-corrected chi connectivity index (χ0v) is 17.7. The summed E-state index contributed by atoms with van der Waals surface area (Å²) in [5.74, 6) is -0.226. The summed E-state index contributed by atoms with van der Waals surface area (Å²) in [5.41, 5.74) is 2.25. The summed E-state index contributed by atoms with van der Waals surface area (Å²) in [5, 5.41) is 0. The number of carbonyl (C=O) groups excluding carboxylic acids is 2. The quantitative estimate of drug-likeness (QED) is 0.708. The van der Waals surface area contributed by atoms with Crippen molar-refractivity contribution in [1.82, 2.24) is 4.90 Å². The molecule has 3 atom stereocenters. The van der Waals surface area contributed by atoms with E-state index in [0.29, 0.717) is 6.42 Å². The lowest BCUT2D eigenvalue weighted by molar-refractivity contribution is -0.135. The van der Waals surface area contributed by atoms with Gasteiger partial charge in [-0.05, 0) is 42.9 Å². The zero-order valence-electron chi connectivity index (χ0n) is 17.7. The molecule has 2 saturated heterocycles. The van der Waals surface area contributed by atoms with Crippen LogP contribution < -0.4 is 4.90 Å². The van der Waals surface area contributed by atoms with Crippen LogP contribution in [0.15, 0.2) is 60.7 Å². The van der Waals surface area contributed by atoms with Crippen LogP contribution in [0.4, 0.5) is 10.5 Å². The van der Waals surface area contributed by atoms with Crippen molar-refractivity contribution in [3.8, 4) is 0 Å². The van der Waals surface area contributed by atoms with Crippen LogP contribution in [0, 0.1) is 11.8 Å². The monoisotopic (exact) mass is 406 g/mol. The van der Waals surface area contributed by atoms with Gasteiger partial charge in [-0.3, -0.25) is 4.79 Å². The first-order valence-electron chi connectivity index (χ1n) is 10.9. The summed E-state index contributed by atoms with van der Waals surface area (Å²) in [6.45, 7) is 5.36. The van der Waals surface area contributed by atoms with Crippen LogP contribution in [-0.2, 0) is 16.0 Å². The number of amides is 2. The molecule has 5 heteroatoms. The first kappa shape index (κ1) is 20.5. The van der Waals surface area contributed by atoms with Gasteiger partial charge in [0.15, 0.2) is 0 Å². The molecule has 2 aliphatic heterocycles. The Labute approximate surface area is 178 Å². The van der Waals surface area contributed by atoms with Gasteiger partial charge in [-0.25, -0.2) is 9.69 Å². The Kier molecular flexibility index (Phi) is 6.07. The molecule has 2 aromatic carbocycles. The maximum Gasteiger partial charge on any atom is 0.416 e. The van der Waals surface area contributed by atoms with Crippen molar-refractivity contribution in [1.29, 1.82) is 0 Å². The van der Waals surface area contributed by atoms with E-state index in [0.717, 1.165) is 30.6 Å². The number of para-hydroxylation sites is 1. The van der Waals surface area contributed by atoms with Crippen LogP contribution in [0.25, 0.3) is 0 Å². The molecule has 0 bridgehead atoms. The predicted molar refractivity (Wildman–Crippen MR) is 117 cm³/mol. The average Bonchev–Trinajstić information content (AvgIpc) is 3.36. The van der Waals surface area contributed by atoms with Gasteiger partial charge in [0.05, 0.1) is 12.0 Å². The fourth-order valence-corrected chi connectivity index (χ4v) is 4.93. The van der Waals surface area contributed by atoms with Crippen molar-refractivity contribution >= 4 is 17.7 Å². The first-order chi connectivity index (χ1) is 14.6. The molecule has 0 spiro atoms. The number of nitrogens with zero attached hydrogens (tertiary/aromatic N) is 2. The highest BCUT2D eigenvalue weighted by atomic mass is 16.6. The Morgan fingerprint density at radius 3 is 2.40 bits per heavy atom. The van der Waals surface area contributed by atoms with Crippen molar-refractivity contribution in [3.63, 3.8) is 0 Å². The molecular weight excluding hydrogens is 376 g/mol. The maximum atomic E-state index is 13.8. The third kappa shape index (κ3) is 4.07. The van der Waals surface area contributed by atoms with Gasteiger partial charge in [-0.1, -0.05) is 62.4 Å². The Balaban J connectivity index is 1.58. The molecule has 0 aromatic heterocycles. The van der Waals surface area contributed by atoms with E-state index in [-0.39, 0.29) is 36.4 Å². The van der Waals surface area contributed by atoms with Crippen LogP contribution in [0.1, 0.15) is 32.3 Å². The summed E-state index contributed by atoms with van der Waals surface area (Å²) >= 11 is 0. The number of cyclic esters (lactones) is 1. The molecule has 0 saturated carbocycles. The molecule has 2 fully saturated rings. The first-order valence-corrected chi connectivity index (χ1v) is 10.9. The highest BCUT2D eigenvalue weighted by molar-refractivity contribution is 5.95. The van der Waals surface area contributed by atoms with Crippen molar-refractivity contribution in [2.45, 2.75) is 45.2 Å². The lowest BCUT2D eigenvalue weighted by atomic mass is 9.85. The SMILES string of the molecule is CC(C)[C@@H](C(=O)N1C(=O)OC[C@H]1Cc1ccccc1)[C@H]1CCCN1c1ccccc1. The van der Waals surface area contributed by atoms with Crippen molar-refractivity contribution in [3.05, 3.63) is 66.2 Å². The normalized spacial score (nSPS) is 22.4. The molecular formula is C25H30N2O3. The topological polar surface area (TPSA) is 49.9 Å². The molecule has 2 amide bonds. The number of hydrogen-bond acceptors (Lipinski definition) is 4. The third-order valence-electron chi connectivity index (χ3n) is 6.32. The third-order valence-corrected chi connectivity index (χ3v) is 6.32. The van der Waals surface area contributed by atoms with Gasteiger partial charge in [-0.2, -0.15) is 0 Å². The predicted octanol–water partition coefficient (Wildman–Crippen LogP) is 4.52. The van der Waals surface area contributed by atoms with Gasteiger partial charge < -0.3 is 9.64 Å². The molecule has 30 heavy (non-hydrogen) atoms. The molecule has 0 aliphatic carbocycles. The Morgan fingerprint density at radius 2 is 1.73 bits per heavy atom. The molecule has 4 rings (SSSR count). The fourth-order valence-electron chi connectivity index (χ4n) is 4.93. The number of carbonyl (C=O) groups is 2. The molecule has 2 aliphatic rings. The van der Waals surface area contributed by atoms with Gasteiger partial charge in [0, 0.05) is 18.3 Å². The minimum atomic E-state index is -0.504. The van der Waals surface area contributed by atoms with E-state index >= 15 is 0 Å². The smallest absolute Gasteiger partial charge is 0.416 e. The van der Waals surface area contributed by atoms with Crippen LogP contribution in [-0.4, -0.2) is 42.1 Å². The molecule has 0 unspecified atom stereocenters. The molecule has 0 radical (unpaired) electrons. The van der Waals surface area contributed by atoms with E-state index in [2.05, 4.69) is 30.9 Å². The van der Waals surface area contributed by atoms with Crippen LogP contribution in [0.2, 0.25) is 0 Å². The summed E-state index contributed by atoms with van der Waals surface area (Å²) in [7, 11) is 0. The van der Waals surface area contributed by atoms with Crippen molar-refractivity contribution in [2.75, 3.05) is 18.1 Å². The highest BCUT2D eigenvalue weighted by Gasteiger charge is 2.46. The zero-order chi connectivity index (χ0) is 21.1. The van der Waals surface area contributed by atoms with Crippen molar-refractivity contribution < 1.29 is 14.3 Å². The maximum absolute atomic E-state index is 13.8. The summed E-state index contributed by atoms with van der Waals surface area (Å²) in [4.78, 5) is 30.1. The van der Waals surface area contributed by atoms with Gasteiger partial charge in [0.1, 0.15) is 6.61 Å². The van der Waals surface area contributed by atoms with Gasteiger partial charge in [0.2, 0.25) is 5.91 Å². The minimum Gasteiger partial charge on any atom is -0.447 e.